The van der Waals surface area contributed by atoms with E-state index in [1.807, 2.05) is 79.7 Å². The Morgan fingerprint density at radius 3 is 2.08 bits per heavy atom. The van der Waals surface area contributed by atoms with Gasteiger partial charge >= 0.3 is 5.51 Å². The first-order valence-corrected chi connectivity index (χ1v) is 29.1. The first-order chi connectivity index (χ1) is 34.4. The van der Waals surface area contributed by atoms with Crippen LogP contribution in [0, 0.1) is 12.7 Å². The smallest absolute Gasteiger partial charge is 0.380 e. The van der Waals surface area contributed by atoms with Gasteiger partial charge in [-0.15, -0.1) is 11.8 Å². The Morgan fingerprint density at radius 1 is 0.806 bits per heavy atom. The van der Waals surface area contributed by atoms with Gasteiger partial charge in [0.1, 0.15) is 16.8 Å². The van der Waals surface area contributed by atoms with Crippen LogP contribution in [0.25, 0.3) is 22.4 Å². The molecule has 4 unspecified atom stereocenters. The number of piperazine rings is 1. The van der Waals surface area contributed by atoms with Crippen LogP contribution in [0.2, 0.25) is 5.02 Å². The number of halogens is 5. The Bertz CT molecular complexity index is 2890. The number of hydrogen-bond donors (Lipinski definition) is 3. The van der Waals surface area contributed by atoms with E-state index in [0.29, 0.717) is 65.2 Å². The third kappa shape index (κ3) is 13.0. The number of benzene rings is 5. The molecule has 2 saturated heterocycles. The minimum atomic E-state index is -5.05. The molecule has 0 spiro atoms. The Labute approximate surface area is 436 Å². The van der Waals surface area contributed by atoms with Crippen LogP contribution in [0.1, 0.15) is 44.8 Å². The van der Waals surface area contributed by atoms with Crippen molar-refractivity contribution in [2.45, 2.75) is 83.2 Å². The molecule has 10 nitrogen and oxygen atoms in total. The zero-order valence-corrected chi connectivity index (χ0v) is 44.6. The summed E-state index contributed by atoms with van der Waals surface area (Å²) in [5.41, 5.74) is 7.20. The molecule has 0 amide bonds. The van der Waals surface area contributed by atoms with E-state index >= 15 is 4.39 Å². The number of alkyl halides is 3. The lowest BCUT2D eigenvalue weighted by Crippen LogP contribution is -2.46. The van der Waals surface area contributed by atoms with Crippen molar-refractivity contribution < 1.29 is 30.2 Å². The molecule has 2 fully saturated rings. The maximum atomic E-state index is 15.7. The SMILES string of the molecule is Cc1c(S(C)=O)c(-c2cc(F)cc(N3CCN(c4ccc(NS(=O)c5ccc(NC(CCN6CCC(N)CC6)CSc6ccccc6)c(S(=O)C(F)(F)F)c5)cc4)CC3)c2)c(-c2ccc(Cl)cc2)n1C(C)C. The number of piperidine rings is 1. The van der Waals surface area contributed by atoms with E-state index in [9.17, 15) is 25.8 Å². The highest BCUT2D eigenvalue weighted by Crippen LogP contribution is 2.44. The summed E-state index contributed by atoms with van der Waals surface area (Å²) >= 11 is 7.87. The highest BCUT2D eigenvalue weighted by Gasteiger charge is 2.40. The van der Waals surface area contributed by atoms with Crippen molar-refractivity contribution >= 4 is 78.7 Å². The van der Waals surface area contributed by atoms with Crippen LogP contribution in [0.15, 0.2) is 135 Å². The van der Waals surface area contributed by atoms with Gasteiger partial charge in [0.2, 0.25) is 0 Å². The van der Waals surface area contributed by atoms with Gasteiger partial charge in [0, 0.05) is 101 Å². The average Bonchev–Trinajstić information content (AvgIpc) is 3.68. The van der Waals surface area contributed by atoms with Crippen molar-refractivity contribution in [3.63, 3.8) is 0 Å². The summed E-state index contributed by atoms with van der Waals surface area (Å²) in [7, 11) is -6.78. The number of nitrogens with two attached hydrogens (primary N) is 1. The molecule has 72 heavy (non-hydrogen) atoms. The summed E-state index contributed by atoms with van der Waals surface area (Å²) in [6.45, 7) is 10.9. The second-order valence-corrected chi connectivity index (χ2v) is 24.0. The van der Waals surface area contributed by atoms with Crippen LogP contribution in [0.5, 0.6) is 0 Å². The predicted octanol–water partition coefficient (Wildman–Crippen LogP) is 11.7. The van der Waals surface area contributed by atoms with Crippen molar-refractivity contribution in [1.29, 1.82) is 0 Å². The predicted molar refractivity (Wildman–Crippen MR) is 290 cm³/mol. The summed E-state index contributed by atoms with van der Waals surface area (Å²) in [4.78, 5) is 7.89. The molecular formula is C53H60ClF4N7O3S4. The molecule has 0 radical (unpaired) electrons. The molecule has 0 bridgehead atoms. The number of aromatic nitrogens is 1. The number of nitrogens with one attached hydrogen (secondary N) is 2. The van der Waals surface area contributed by atoms with Gasteiger partial charge in [0.05, 0.1) is 36.9 Å². The van der Waals surface area contributed by atoms with Crippen LogP contribution >= 0.6 is 23.4 Å². The number of anilines is 4. The molecule has 6 aromatic rings. The monoisotopic (exact) mass is 1080 g/mol. The van der Waals surface area contributed by atoms with Gasteiger partial charge in [-0.25, -0.2) is 12.8 Å². The molecule has 4 atom stereocenters. The molecule has 19 heteroatoms. The normalized spacial score (nSPS) is 16.7. The molecular weight excluding hydrogens is 1020 g/mol. The zero-order chi connectivity index (χ0) is 51.3. The molecule has 2 aliphatic rings. The molecule has 5 aromatic carbocycles. The lowest BCUT2D eigenvalue weighted by molar-refractivity contribution is -0.0384. The van der Waals surface area contributed by atoms with Gasteiger partial charge in [0.15, 0.2) is 10.8 Å². The van der Waals surface area contributed by atoms with Crippen LogP contribution in [-0.2, 0) is 32.6 Å². The summed E-state index contributed by atoms with van der Waals surface area (Å²) < 4.78 is 104. The van der Waals surface area contributed by atoms with E-state index in [-0.39, 0.29) is 28.7 Å². The van der Waals surface area contributed by atoms with E-state index in [2.05, 4.69) is 43.2 Å². The van der Waals surface area contributed by atoms with Crippen molar-refractivity contribution in [2.75, 3.05) is 77.7 Å². The molecule has 3 heterocycles. The van der Waals surface area contributed by atoms with Gasteiger partial charge in [0.25, 0.3) is 0 Å². The van der Waals surface area contributed by atoms with Crippen LogP contribution < -0.4 is 25.6 Å². The van der Waals surface area contributed by atoms with Crippen molar-refractivity contribution in [2.24, 2.45) is 5.73 Å². The number of likely N-dealkylation sites (tertiary alicyclic amines) is 1. The summed E-state index contributed by atoms with van der Waals surface area (Å²) in [5.74, 6) is 0.149. The fourth-order valence-corrected chi connectivity index (χ4v) is 13.4. The standard InChI is InChI=1S/C53H60ClF4N7O3S4/c1-35(2)65-36(3)52(70(4)66)50(51(65)37-10-12-39(54)13-11-37)38-30-40(55)32-45(31-38)64-28-26-63(27-29-64)44-16-14-42(15-17-44)61-72(68)47-18-19-48(49(33-47)71(67)53(56,57)58)60-43(34-69-46-8-6-5-7-9-46)22-25-62-23-20-41(59)21-24-62/h5-19,30-33,35,41,43,60-61H,20-29,34,59H2,1-4H3. The second kappa shape index (κ2) is 23.7. The Morgan fingerprint density at radius 2 is 1.46 bits per heavy atom. The van der Waals surface area contributed by atoms with E-state index in [4.69, 9.17) is 17.3 Å². The molecule has 8 rings (SSSR count). The van der Waals surface area contributed by atoms with E-state index in [1.165, 1.54) is 24.3 Å². The molecule has 384 valence electrons. The van der Waals surface area contributed by atoms with Gasteiger partial charge in [-0.05, 0) is 149 Å². The minimum absolute atomic E-state index is 0.0302. The lowest BCUT2D eigenvalue weighted by atomic mass is 9.99. The van der Waals surface area contributed by atoms with Gasteiger partial charge in [-0.2, -0.15) is 13.2 Å². The Balaban J connectivity index is 0.949. The number of thioether (sulfide) groups is 1. The van der Waals surface area contributed by atoms with Crippen LogP contribution in [0.4, 0.5) is 40.3 Å². The largest absolute Gasteiger partial charge is 0.475 e. The minimum Gasteiger partial charge on any atom is -0.380 e. The summed E-state index contributed by atoms with van der Waals surface area (Å²) in [5, 5.41) is 3.89. The quantitative estimate of drug-likeness (QED) is 0.0572. The summed E-state index contributed by atoms with van der Waals surface area (Å²) in [6.07, 6.45) is 4.06. The fraction of sp³-hybridized carbons (Fsp3) is 0.358. The van der Waals surface area contributed by atoms with Crippen molar-refractivity contribution in [1.82, 2.24) is 9.47 Å². The highest BCUT2D eigenvalue weighted by atomic mass is 35.5. The zero-order valence-electron chi connectivity index (χ0n) is 40.6. The maximum Gasteiger partial charge on any atom is 0.475 e. The van der Waals surface area contributed by atoms with Gasteiger partial charge < -0.3 is 35.0 Å². The lowest BCUT2D eigenvalue weighted by Gasteiger charge is -2.37. The Kier molecular flexibility index (Phi) is 17.6. The maximum absolute atomic E-state index is 15.7. The van der Waals surface area contributed by atoms with Crippen LogP contribution in [-0.4, -0.2) is 97.5 Å². The topological polar surface area (TPSA) is 116 Å². The number of hydrogen-bond acceptors (Lipinski definition) is 9. The highest BCUT2D eigenvalue weighted by molar-refractivity contribution is 7.99. The third-order valence-electron chi connectivity index (χ3n) is 13.1. The third-order valence-corrected chi connectivity index (χ3v) is 17.9. The Hall–Kier alpha value is -4.69. The van der Waals surface area contributed by atoms with E-state index in [1.54, 1.807) is 30.2 Å². The van der Waals surface area contributed by atoms with E-state index in [0.717, 1.165) is 71.6 Å². The number of nitrogens with zero attached hydrogens (tertiary/aromatic N) is 4. The first-order valence-electron chi connectivity index (χ1n) is 23.9. The number of rotatable bonds is 18. The fourth-order valence-electron chi connectivity index (χ4n) is 9.53. The molecule has 0 aliphatic carbocycles. The average molecular weight is 1080 g/mol. The van der Waals surface area contributed by atoms with Crippen molar-refractivity contribution in [3.05, 3.63) is 132 Å². The second-order valence-electron chi connectivity index (χ2n) is 18.5. The molecule has 4 N–H and O–H groups in total. The van der Waals surface area contributed by atoms with Crippen molar-refractivity contribution in [3.8, 4) is 22.4 Å². The van der Waals surface area contributed by atoms with Gasteiger partial charge in [-0.3, -0.25) is 4.21 Å². The molecule has 1 aromatic heterocycles. The first kappa shape index (κ1) is 53.6. The van der Waals surface area contributed by atoms with E-state index < -0.39 is 48.8 Å². The summed E-state index contributed by atoms with van der Waals surface area (Å²) in [6, 6.07) is 33.5. The van der Waals surface area contributed by atoms with Gasteiger partial charge in [-0.1, -0.05) is 41.9 Å². The molecule has 2 aliphatic heterocycles. The van der Waals surface area contributed by atoms with Crippen LogP contribution in [0.3, 0.4) is 0 Å². The molecule has 0 saturated carbocycles.